The Morgan fingerprint density at radius 1 is 1.19 bits per heavy atom. The highest BCUT2D eigenvalue weighted by atomic mass is 32.2. The summed E-state index contributed by atoms with van der Waals surface area (Å²) in [5.41, 5.74) is 1.32. The standard InChI is InChI=1S/C15H9N3S3/c1-9(6-16)13(19-2)15-11(8-18)10(7-17)14(21-15)12-4-3-5-20-12/h3-5H,1-2H3. The molecule has 0 saturated carbocycles. The molecule has 0 aliphatic heterocycles. The van der Waals surface area contributed by atoms with Crippen LogP contribution in [-0.2, 0) is 0 Å². The average molecular weight is 327 g/mol. The molecule has 0 N–H and O–H groups in total. The van der Waals surface area contributed by atoms with Crippen LogP contribution in [0, 0.1) is 34.0 Å². The lowest BCUT2D eigenvalue weighted by Gasteiger charge is -2.02. The van der Waals surface area contributed by atoms with Crippen LogP contribution in [0.1, 0.15) is 22.9 Å². The number of thiophene rings is 2. The van der Waals surface area contributed by atoms with Crippen molar-refractivity contribution in [2.24, 2.45) is 0 Å². The van der Waals surface area contributed by atoms with Crippen LogP contribution in [0.3, 0.4) is 0 Å². The summed E-state index contributed by atoms with van der Waals surface area (Å²) in [7, 11) is 0. The van der Waals surface area contributed by atoms with Crippen molar-refractivity contribution in [3.05, 3.63) is 39.1 Å². The number of thioether (sulfide) groups is 1. The Labute approximate surface area is 135 Å². The Kier molecular flexibility index (Phi) is 4.83. The van der Waals surface area contributed by atoms with Gasteiger partial charge in [0.25, 0.3) is 0 Å². The molecular weight excluding hydrogens is 318 g/mol. The first-order valence-electron chi connectivity index (χ1n) is 5.84. The molecule has 2 rings (SSSR count). The Hall–Kier alpha value is -2.04. The van der Waals surface area contributed by atoms with E-state index in [2.05, 4.69) is 18.2 Å². The summed E-state index contributed by atoms with van der Waals surface area (Å²) >= 11 is 4.36. The molecule has 2 heterocycles. The van der Waals surface area contributed by atoms with Crippen molar-refractivity contribution in [1.82, 2.24) is 0 Å². The predicted molar refractivity (Wildman–Crippen MR) is 88.8 cm³/mol. The van der Waals surface area contributed by atoms with Crippen molar-refractivity contribution >= 4 is 39.3 Å². The third-order valence-corrected chi connectivity index (χ3v) is 6.10. The van der Waals surface area contributed by atoms with Gasteiger partial charge in [0.2, 0.25) is 0 Å². The van der Waals surface area contributed by atoms with Gasteiger partial charge in [0.05, 0.1) is 27.0 Å². The summed E-state index contributed by atoms with van der Waals surface area (Å²) in [5.74, 6) is 0. The van der Waals surface area contributed by atoms with E-state index in [0.29, 0.717) is 21.6 Å². The molecule has 0 spiro atoms. The minimum atomic E-state index is 0.366. The van der Waals surface area contributed by atoms with Gasteiger partial charge in [-0.3, -0.25) is 0 Å². The van der Waals surface area contributed by atoms with E-state index < -0.39 is 0 Å². The number of hydrogen-bond donors (Lipinski definition) is 0. The van der Waals surface area contributed by atoms with Gasteiger partial charge in [-0.05, 0) is 24.6 Å². The molecular formula is C15H9N3S3. The zero-order valence-electron chi connectivity index (χ0n) is 11.3. The van der Waals surface area contributed by atoms with Gasteiger partial charge in [-0.1, -0.05) is 6.07 Å². The third kappa shape index (κ3) is 2.73. The van der Waals surface area contributed by atoms with Crippen LogP contribution < -0.4 is 0 Å². The van der Waals surface area contributed by atoms with Crippen molar-refractivity contribution in [3.8, 4) is 28.0 Å². The van der Waals surface area contributed by atoms with Crippen LogP contribution in [0.4, 0.5) is 0 Å². The molecule has 6 heteroatoms. The van der Waals surface area contributed by atoms with Crippen molar-refractivity contribution in [3.63, 3.8) is 0 Å². The summed E-state index contributed by atoms with van der Waals surface area (Å²) in [4.78, 5) is 3.24. The molecule has 0 radical (unpaired) electrons. The maximum atomic E-state index is 9.43. The second-order valence-corrected chi connectivity index (χ2v) is 6.77. The van der Waals surface area contributed by atoms with E-state index in [1.54, 1.807) is 6.92 Å². The molecule has 2 aromatic rings. The molecule has 3 nitrogen and oxygen atoms in total. The third-order valence-electron chi connectivity index (χ3n) is 2.80. The van der Waals surface area contributed by atoms with Crippen molar-refractivity contribution in [1.29, 1.82) is 15.8 Å². The summed E-state index contributed by atoms with van der Waals surface area (Å²) < 4.78 is 0. The molecule has 0 amide bonds. The fraction of sp³-hybridized carbons (Fsp3) is 0.133. The smallest absolute Gasteiger partial charge is 0.102 e. The highest BCUT2D eigenvalue weighted by Gasteiger charge is 2.23. The topological polar surface area (TPSA) is 71.4 Å². The highest BCUT2D eigenvalue weighted by Crippen LogP contribution is 2.44. The first kappa shape index (κ1) is 15.4. The van der Waals surface area contributed by atoms with E-state index in [1.165, 1.54) is 34.4 Å². The molecule has 0 bridgehead atoms. The van der Waals surface area contributed by atoms with Gasteiger partial charge in [-0.2, -0.15) is 15.8 Å². The number of nitriles is 3. The SMILES string of the molecule is CSC(=C(C)C#N)c1sc(-c2cccs2)c(C#N)c1C#N. The van der Waals surface area contributed by atoms with Crippen LogP contribution in [0.15, 0.2) is 23.1 Å². The normalized spacial score (nSPS) is 11.2. The molecule has 0 aliphatic rings. The minimum absolute atomic E-state index is 0.366. The van der Waals surface area contributed by atoms with Crippen molar-refractivity contribution < 1.29 is 0 Å². The van der Waals surface area contributed by atoms with Gasteiger partial charge in [0.15, 0.2) is 0 Å². The van der Waals surface area contributed by atoms with E-state index in [4.69, 9.17) is 5.26 Å². The van der Waals surface area contributed by atoms with Crippen LogP contribution >= 0.6 is 34.4 Å². The lowest BCUT2D eigenvalue weighted by Crippen LogP contribution is -1.86. The number of allylic oxidation sites excluding steroid dienone is 1. The summed E-state index contributed by atoms with van der Waals surface area (Å²) in [6.45, 7) is 1.73. The first-order valence-corrected chi connectivity index (χ1v) is 8.76. The zero-order valence-corrected chi connectivity index (χ0v) is 13.7. The molecule has 0 unspecified atom stereocenters. The molecule has 0 saturated heterocycles. The molecule has 0 atom stereocenters. The number of hydrogen-bond acceptors (Lipinski definition) is 6. The number of rotatable bonds is 3. The highest BCUT2D eigenvalue weighted by molar-refractivity contribution is 8.07. The summed E-state index contributed by atoms with van der Waals surface area (Å²) in [6.07, 6.45) is 1.87. The van der Waals surface area contributed by atoms with Crippen molar-refractivity contribution in [2.45, 2.75) is 6.92 Å². The summed E-state index contributed by atoms with van der Waals surface area (Å²) in [6, 6.07) is 10.2. The lowest BCUT2D eigenvalue weighted by atomic mass is 10.1. The van der Waals surface area contributed by atoms with Gasteiger partial charge in [0.1, 0.15) is 12.1 Å². The van der Waals surface area contributed by atoms with E-state index in [1.807, 2.05) is 23.8 Å². The lowest BCUT2D eigenvalue weighted by molar-refractivity contribution is 1.44. The average Bonchev–Trinajstić information content (AvgIpc) is 3.14. The van der Waals surface area contributed by atoms with E-state index in [0.717, 1.165) is 14.7 Å². The molecule has 0 aliphatic carbocycles. The second-order valence-electron chi connectivity index (χ2n) is 3.98. The van der Waals surface area contributed by atoms with Crippen LogP contribution in [0.5, 0.6) is 0 Å². The van der Waals surface area contributed by atoms with Gasteiger partial charge in [0, 0.05) is 15.4 Å². The molecule has 102 valence electrons. The van der Waals surface area contributed by atoms with E-state index in [9.17, 15) is 10.5 Å². The Morgan fingerprint density at radius 3 is 2.38 bits per heavy atom. The van der Waals surface area contributed by atoms with E-state index >= 15 is 0 Å². The molecule has 2 aromatic heterocycles. The maximum absolute atomic E-state index is 9.43. The van der Waals surface area contributed by atoms with E-state index in [-0.39, 0.29) is 0 Å². The van der Waals surface area contributed by atoms with Crippen LogP contribution in [-0.4, -0.2) is 6.26 Å². The number of nitrogens with zero attached hydrogens (tertiary/aromatic N) is 3. The minimum Gasteiger partial charge on any atom is -0.193 e. The van der Waals surface area contributed by atoms with Gasteiger partial charge in [-0.15, -0.1) is 34.4 Å². The molecule has 0 aromatic carbocycles. The Bertz CT molecular complexity index is 821. The Morgan fingerprint density at radius 2 is 1.90 bits per heavy atom. The monoisotopic (exact) mass is 327 g/mol. The van der Waals surface area contributed by atoms with Gasteiger partial charge in [-0.25, -0.2) is 0 Å². The largest absolute Gasteiger partial charge is 0.193 e. The first-order chi connectivity index (χ1) is 10.2. The fourth-order valence-electron chi connectivity index (χ4n) is 1.85. The summed E-state index contributed by atoms with van der Waals surface area (Å²) in [5, 5.41) is 29.9. The van der Waals surface area contributed by atoms with Crippen LogP contribution in [0.2, 0.25) is 0 Å². The van der Waals surface area contributed by atoms with Crippen LogP contribution in [0.25, 0.3) is 14.7 Å². The quantitative estimate of drug-likeness (QED) is 0.756. The molecule has 0 fully saturated rings. The van der Waals surface area contributed by atoms with Gasteiger partial charge < -0.3 is 0 Å². The van der Waals surface area contributed by atoms with Gasteiger partial charge >= 0.3 is 0 Å². The zero-order chi connectivity index (χ0) is 15.4. The fourth-order valence-corrected chi connectivity index (χ4v) is 4.92. The predicted octanol–water partition coefficient (Wildman–Crippen LogP) is 4.84. The van der Waals surface area contributed by atoms with Crippen molar-refractivity contribution in [2.75, 3.05) is 6.26 Å². The second kappa shape index (κ2) is 6.61. The molecule has 21 heavy (non-hydrogen) atoms. The Balaban J connectivity index is 2.80. The maximum Gasteiger partial charge on any atom is 0.102 e.